The third kappa shape index (κ3) is 8.43. The minimum absolute atomic E-state index is 0.0353. The number of amides is 1. The molecule has 0 aromatic carbocycles. The van der Waals surface area contributed by atoms with Crippen LogP contribution in [0.25, 0.3) is 0 Å². The van der Waals surface area contributed by atoms with Crippen LogP contribution in [0.3, 0.4) is 0 Å². The van der Waals surface area contributed by atoms with Gasteiger partial charge in [0.1, 0.15) is 0 Å². The van der Waals surface area contributed by atoms with Crippen LogP contribution in [0.1, 0.15) is 54.4 Å². The molecule has 0 aromatic heterocycles. The van der Waals surface area contributed by atoms with Crippen molar-refractivity contribution in [1.29, 1.82) is 0 Å². The molecular weight excluding hydrogens is 188 g/mol. The molecule has 0 aliphatic heterocycles. The van der Waals surface area contributed by atoms with Gasteiger partial charge in [0.2, 0.25) is 5.91 Å². The van der Waals surface area contributed by atoms with Crippen LogP contribution in [0, 0.1) is 5.92 Å². The fraction of sp³-hybridized carbons (Fsp3) is 0.917. The quantitative estimate of drug-likeness (QED) is 0.736. The zero-order valence-electron chi connectivity index (χ0n) is 11.0. The van der Waals surface area contributed by atoms with Crippen molar-refractivity contribution in [1.82, 2.24) is 5.32 Å². The van der Waals surface area contributed by atoms with Gasteiger partial charge in [-0.25, -0.2) is 0 Å². The van der Waals surface area contributed by atoms with Gasteiger partial charge in [-0.2, -0.15) is 0 Å². The lowest BCUT2D eigenvalue weighted by molar-refractivity contribution is -0.123. The van der Waals surface area contributed by atoms with Crippen molar-refractivity contribution in [2.24, 2.45) is 11.7 Å². The molecule has 0 saturated carbocycles. The molecular formula is C12H26N2O. The first-order valence-corrected chi connectivity index (χ1v) is 5.62. The van der Waals surface area contributed by atoms with Gasteiger partial charge < -0.3 is 11.1 Å². The van der Waals surface area contributed by atoms with E-state index in [-0.39, 0.29) is 11.4 Å². The summed E-state index contributed by atoms with van der Waals surface area (Å²) in [6.45, 7) is 12.1. The molecule has 0 aliphatic rings. The van der Waals surface area contributed by atoms with Gasteiger partial charge in [0.05, 0.1) is 0 Å². The van der Waals surface area contributed by atoms with Crippen molar-refractivity contribution in [3.63, 3.8) is 0 Å². The molecule has 0 aromatic rings. The average Bonchev–Trinajstić information content (AvgIpc) is 1.73. The van der Waals surface area contributed by atoms with Crippen LogP contribution in [0.4, 0.5) is 0 Å². The number of rotatable bonds is 5. The predicted molar refractivity (Wildman–Crippen MR) is 64.6 cm³/mol. The minimum atomic E-state index is -0.433. The Labute approximate surface area is 93.8 Å². The van der Waals surface area contributed by atoms with Gasteiger partial charge >= 0.3 is 0 Å². The molecule has 0 aliphatic carbocycles. The van der Waals surface area contributed by atoms with E-state index in [1.165, 1.54) is 0 Å². The molecule has 0 rings (SSSR count). The standard InChI is InChI=1S/C12H26N2O/c1-9(2)7-12(5,6)14-10(15)8-11(3,4)13/h9H,7-8,13H2,1-6H3,(H,14,15). The third-order valence-electron chi connectivity index (χ3n) is 2.01. The van der Waals surface area contributed by atoms with Gasteiger partial charge in [-0.05, 0) is 40.0 Å². The molecule has 3 N–H and O–H groups in total. The van der Waals surface area contributed by atoms with Gasteiger partial charge in [-0.15, -0.1) is 0 Å². The normalized spacial score (nSPS) is 13.1. The fourth-order valence-corrected chi connectivity index (χ4v) is 1.91. The molecule has 3 heteroatoms. The first-order valence-electron chi connectivity index (χ1n) is 5.62. The maximum atomic E-state index is 11.7. The monoisotopic (exact) mass is 214 g/mol. The zero-order valence-corrected chi connectivity index (χ0v) is 11.0. The maximum absolute atomic E-state index is 11.7. The lowest BCUT2D eigenvalue weighted by Gasteiger charge is -2.29. The maximum Gasteiger partial charge on any atom is 0.222 e. The molecule has 0 heterocycles. The summed E-state index contributed by atoms with van der Waals surface area (Å²) in [5.74, 6) is 0.610. The summed E-state index contributed by atoms with van der Waals surface area (Å²) in [6.07, 6.45) is 1.35. The molecule has 0 radical (unpaired) electrons. The Morgan fingerprint density at radius 1 is 1.27 bits per heavy atom. The van der Waals surface area contributed by atoms with E-state index in [9.17, 15) is 4.79 Å². The zero-order chi connectivity index (χ0) is 12.3. The van der Waals surface area contributed by atoms with Crippen LogP contribution in [0.5, 0.6) is 0 Å². The van der Waals surface area contributed by atoms with E-state index in [1.807, 2.05) is 13.8 Å². The fourth-order valence-electron chi connectivity index (χ4n) is 1.91. The second-order valence-corrected chi connectivity index (χ2v) is 6.20. The smallest absolute Gasteiger partial charge is 0.222 e. The van der Waals surface area contributed by atoms with Crippen molar-refractivity contribution < 1.29 is 4.79 Å². The van der Waals surface area contributed by atoms with E-state index < -0.39 is 5.54 Å². The molecule has 0 atom stereocenters. The Morgan fingerprint density at radius 3 is 2.07 bits per heavy atom. The Bertz CT molecular complexity index is 214. The number of nitrogens with two attached hydrogens (primary N) is 1. The lowest BCUT2D eigenvalue weighted by atomic mass is 9.92. The summed E-state index contributed by atoms with van der Waals surface area (Å²) in [6, 6.07) is 0. The highest BCUT2D eigenvalue weighted by Gasteiger charge is 2.24. The highest BCUT2D eigenvalue weighted by molar-refractivity contribution is 5.77. The van der Waals surface area contributed by atoms with Crippen LogP contribution in [-0.2, 0) is 4.79 Å². The van der Waals surface area contributed by atoms with Crippen LogP contribution < -0.4 is 11.1 Å². The van der Waals surface area contributed by atoms with Crippen LogP contribution >= 0.6 is 0 Å². The van der Waals surface area contributed by atoms with E-state index in [0.717, 1.165) is 6.42 Å². The topological polar surface area (TPSA) is 55.1 Å². The summed E-state index contributed by atoms with van der Waals surface area (Å²) >= 11 is 0. The van der Waals surface area contributed by atoms with Gasteiger partial charge in [0.25, 0.3) is 0 Å². The van der Waals surface area contributed by atoms with Crippen molar-refractivity contribution in [3.05, 3.63) is 0 Å². The highest BCUT2D eigenvalue weighted by Crippen LogP contribution is 2.16. The Morgan fingerprint density at radius 2 is 1.73 bits per heavy atom. The molecule has 3 nitrogen and oxygen atoms in total. The van der Waals surface area contributed by atoms with E-state index >= 15 is 0 Å². The van der Waals surface area contributed by atoms with Crippen LogP contribution in [0.2, 0.25) is 0 Å². The SMILES string of the molecule is CC(C)CC(C)(C)NC(=O)CC(C)(C)N. The summed E-state index contributed by atoms with van der Waals surface area (Å²) in [7, 11) is 0. The summed E-state index contributed by atoms with van der Waals surface area (Å²) in [5.41, 5.74) is 5.22. The number of carbonyl (C=O) groups is 1. The van der Waals surface area contributed by atoms with E-state index in [4.69, 9.17) is 5.73 Å². The van der Waals surface area contributed by atoms with Gasteiger partial charge in [-0.1, -0.05) is 13.8 Å². The summed E-state index contributed by atoms with van der Waals surface area (Å²) in [4.78, 5) is 11.7. The van der Waals surface area contributed by atoms with E-state index in [1.54, 1.807) is 0 Å². The lowest BCUT2D eigenvalue weighted by Crippen LogP contribution is -2.48. The molecule has 15 heavy (non-hydrogen) atoms. The van der Waals surface area contributed by atoms with E-state index in [0.29, 0.717) is 12.3 Å². The van der Waals surface area contributed by atoms with Gasteiger partial charge in [-0.3, -0.25) is 4.79 Å². The van der Waals surface area contributed by atoms with Crippen molar-refractivity contribution in [2.45, 2.75) is 65.5 Å². The number of carbonyl (C=O) groups excluding carboxylic acids is 1. The molecule has 90 valence electrons. The third-order valence-corrected chi connectivity index (χ3v) is 2.01. The average molecular weight is 214 g/mol. The first-order chi connectivity index (χ1) is 6.52. The molecule has 0 fully saturated rings. The van der Waals surface area contributed by atoms with Crippen LogP contribution in [-0.4, -0.2) is 17.0 Å². The minimum Gasteiger partial charge on any atom is -0.351 e. The largest absolute Gasteiger partial charge is 0.351 e. The highest BCUT2D eigenvalue weighted by atomic mass is 16.1. The first kappa shape index (κ1) is 14.4. The van der Waals surface area contributed by atoms with Gasteiger partial charge in [0, 0.05) is 17.5 Å². The number of hydrogen-bond acceptors (Lipinski definition) is 2. The van der Waals surface area contributed by atoms with Crippen molar-refractivity contribution in [3.8, 4) is 0 Å². The predicted octanol–water partition coefficient (Wildman–Crippen LogP) is 2.05. The second-order valence-electron chi connectivity index (χ2n) is 6.20. The van der Waals surface area contributed by atoms with Gasteiger partial charge in [0.15, 0.2) is 0 Å². The number of hydrogen-bond donors (Lipinski definition) is 2. The Hall–Kier alpha value is -0.570. The van der Waals surface area contributed by atoms with E-state index in [2.05, 4.69) is 33.0 Å². The Balaban J connectivity index is 4.16. The molecule has 0 spiro atoms. The molecule has 1 amide bonds. The molecule has 0 bridgehead atoms. The summed E-state index contributed by atoms with van der Waals surface area (Å²) in [5, 5.41) is 3.03. The number of nitrogens with one attached hydrogen (secondary N) is 1. The molecule has 0 unspecified atom stereocenters. The van der Waals surface area contributed by atoms with Crippen molar-refractivity contribution in [2.75, 3.05) is 0 Å². The van der Waals surface area contributed by atoms with Crippen LogP contribution in [0.15, 0.2) is 0 Å². The molecule has 0 saturated heterocycles. The second kappa shape index (κ2) is 4.97. The van der Waals surface area contributed by atoms with Crippen molar-refractivity contribution >= 4 is 5.91 Å². The Kier molecular flexibility index (Phi) is 4.78. The summed E-state index contributed by atoms with van der Waals surface area (Å²) < 4.78 is 0.